The normalized spacial score (nSPS) is 11.3. The highest BCUT2D eigenvalue weighted by molar-refractivity contribution is 4.52. The number of rotatable bonds is 23. The first-order valence-corrected chi connectivity index (χ1v) is 11.9. The minimum Gasteiger partial charge on any atom is -0.382 e. The van der Waals surface area contributed by atoms with Crippen molar-refractivity contribution in [3.63, 3.8) is 0 Å². The van der Waals surface area contributed by atoms with Crippen LogP contribution in [0.15, 0.2) is 0 Å². The molecule has 0 aliphatic carbocycles. The number of hydrogen-bond acceptors (Lipinski definition) is 3. The van der Waals surface area contributed by atoms with Crippen molar-refractivity contribution in [2.45, 2.75) is 116 Å². The van der Waals surface area contributed by atoms with E-state index in [1.165, 1.54) is 109 Å². The van der Waals surface area contributed by atoms with Gasteiger partial charge in [-0.1, -0.05) is 89.9 Å². The van der Waals surface area contributed by atoms with Gasteiger partial charge < -0.3 is 15.8 Å². The number of nitrogens with one attached hydrogen (secondary N) is 1. The molecule has 0 aliphatic heterocycles. The molecule has 0 saturated carbocycles. The smallest absolute Gasteiger partial charge is 0.0465 e. The van der Waals surface area contributed by atoms with Crippen LogP contribution in [0.1, 0.15) is 116 Å². The molecule has 0 heterocycles. The van der Waals surface area contributed by atoms with E-state index in [1.807, 2.05) is 0 Å². The summed E-state index contributed by atoms with van der Waals surface area (Å²) in [4.78, 5) is 0. The van der Waals surface area contributed by atoms with Crippen molar-refractivity contribution in [1.29, 1.82) is 0 Å². The van der Waals surface area contributed by atoms with Crippen molar-refractivity contribution in [3.05, 3.63) is 0 Å². The largest absolute Gasteiger partial charge is 0.382 e. The van der Waals surface area contributed by atoms with Gasteiger partial charge in [0.2, 0.25) is 0 Å². The van der Waals surface area contributed by atoms with E-state index in [0.29, 0.717) is 0 Å². The molecule has 0 atom stereocenters. The molecule has 0 saturated heterocycles. The molecular weight excluding hydrogens is 320 g/mol. The molecule has 0 amide bonds. The predicted molar refractivity (Wildman–Crippen MR) is 117 cm³/mol. The Kier molecular flexibility index (Phi) is 24.8. The average molecular weight is 371 g/mol. The molecule has 0 fully saturated rings. The highest BCUT2D eigenvalue weighted by atomic mass is 16.5. The van der Waals surface area contributed by atoms with Crippen molar-refractivity contribution in [1.82, 2.24) is 5.32 Å². The fourth-order valence-corrected chi connectivity index (χ4v) is 3.43. The van der Waals surface area contributed by atoms with Crippen molar-refractivity contribution in [2.24, 2.45) is 5.73 Å². The molecule has 158 valence electrons. The summed E-state index contributed by atoms with van der Waals surface area (Å²) in [6.45, 7) is 6.98. The lowest BCUT2D eigenvalue weighted by molar-refractivity contribution is 0.143. The molecule has 0 aliphatic rings. The fraction of sp³-hybridized carbons (Fsp3) is 1.00. The van der Waals surface area contributed by atoms with Crippen LogP contribution in [0.5, 0.6) is 0 Å². The number of unbranched alkanes of at least 4 members (excludes halogenated alkanes) is 15. The highest BCUT2D eigenvalue weighted by Crippen LogP contribution is 2.13. The monoisotopic (exact) mass is 370 g/mol. The van der Waals surface area contributed by atoms with E-state index in [0.717, 1.165) is 32.7 Å². The molecule has 0 radical (unpaired) electrons. The molecular formula is C23H50N2O. The quantitative estimate of drug-likeness (QED) is 0.210. The maximum Gasteiger partial charge on any atom is 0.0465 e. The van der Waals surface area contributed by atoms with Gasteiger partial charge in [0.15, 0.2) is 0 Å². The van der Waals surface area contributed by atoms with Crippen LogP contribution in [0, 0.1) is 0 Å². The fourth-order valence-electron chi connectivity index (χ4n) is 3.43. The van der Waals surface area contributed by atoms with Crippen molar-refractivity contribution >= 4 is 0 Å². The predicted octanol–water partition coefficient (Wildman–Crippen LogP) is 6.20. The summed E-state index contributed by atoms with van der Waals surface area (Å²) in [6.07, 6.45) is 23.7. The summed E-state index contributed by atoms with van der Waals surface area (Å²) in [5.74, 6) is 0. The highest BCUT2D eigenvalue weighted by Gasteiger charge is 1.95. The summed E-state index contributed by atoms with van der Waals surface area (Å²) in [5, 5.41) is 3.46. The third-order valence-electron chi connectivity index (χ3n) is 5.15. The Labute approximate surface area is 165 Å². The standard InChI is InChI=1S/C23H50N2O/c1-2-26-23-18-16-14-12-10-8-6-4-3-5-7-9-11-13-15-17-21-25-22-19-20-24/h25H,2-24H2,1H3. The zero-order valence-corrected chi connectivity index (χ0v) is 18.0. The summed E-state index contributed by atoms with van der Waals surface area (Å²) in [5.41, 5.74) is 5.47. The van der Waals surface area contributed by atoms with Crippen molar-refractivity contribution in [2.75, 3.05) is 32.8 Å². The lowest BCUT2D eigenvalue weighted by Crippen LogP contribution is -2.19. The summed E-state index contributed by atoms with van der Waals surface area (Å²) < 4.78 is 5.37. The molecule has 0 aromatic carbocycles. The third kappa shape index (κ3) is 23.9. The van der Waals surface area contributed by atoms with Crippen LogP contribution >= 0.6 is 0 Å². The zero-order chi connectivity index (χ0) is 19.0. The second kappa shape index (κ2) is 24.9. The minimum atomic E-state index is 0.808. The van der Waals surface area contributed by atoms with Crippen molar-refractivity contribution in [3.8, 4) is 0 Å². The van der Waals surface area contributed by atoms with E-state index in [-0.39, 0.29) is 0 Å². The molecule has 0 unspecified atom stereocenters. The van der Waals surface area contributed by atoms with Gasteiger partial charge >= 0.3 is 0 Å². The van der Waals surface area contributed by atoms with Crippen LogP contribution in [-0.2, 0) is 4.74 Å². The Morgan fingerprint density at radius 3 is 1.35 bits per heavy atom. The SMILES string of the molecule is CCOCCCCCCCCCCCCCCCCCCNCCCN. The molecule has 3 N–H and O–H groups in total. The van der Waals surface area contributed by atoms with E-state index in [4.69, 9.17) is 10.5 Å². The van der Waals surface area contributed by atoms with Crippen LogP contribution in [0.25, 0.3) is 0 Å². The van der Waals surface area contributed by atoms with Gasteiger partial charge in [0.05, 0.1) is 0 Å². The molecule has 0 bridgehead atoms. The average Bonchev–Trinajstić information content (AvgIpc) is 2.66. The van der Waals surface area contributed by atoms with E-state index in [2.05, 4.69) is 12.2 Å². The second-order valence-corrected chi connectivity index (χ2v) is 7.75. The van der Waals surface area contributed by atoms with Crippen LogP contribution in [0.3, 0.4) is 0 Å². The van der Waals surface area contributed by atoms with Gasteiger partial charge in [0, 0.05) is 13.2 Å². The Morgan fingerprint density at radius 2 is 0.923 bits per heavy atom. The third-order valence-corrected chi connectivity index (χ3v) is 5.15. The Bertz CT molecular complexity index is 212. The molecule has 0 rings (SSSR count). The second-order valence-electron chi connectivity index (χ2n) is 7.75. The van der Waals surface area contributed by atoms with E-state index in [9.17, 15) is 0 Å². The van der Waals surface area contributed by atoms with Crippen LogP contribution < -0.4 is 11.1 Å². The topological polar surface area (TPSA) is 47.3 Å². The molecule has 0 spiro atoms. The molecule has 3 nitrogen and oxygen atoms in total. The van der Waals surface area contributed by atoms with Gasteiger partial charge in [-0.3, -0.25) is 0 Å². The van der Waals surface area contributed by atoms with Crippen LogP contribution in [-0.4, -0.2) is 32.8 Å². The minimum absolute atomic E-state index is 0.808. The Hall–Kier alpha value is -0.120. The van der Waals surface area contributed by atoms with Gasteiger partial charge in [0.25, 0.3) is 0 Å². The van der Waals surface area contributed by atoms with Crippen molar-refractivity contribution < 1.29 is 4.74 Å². The van der Waals surface area contributed by atoms with E-state index < -0.39 is 0 Å². The van der Waals surface area contributed by atoms with Crippen LogP contribution in [0.4, 0.5) is 0 Å². The first-order valence-electron chi connectivity index (χ1n) is 11.9. The van der Waals surface area contributed by atoms with E-state index in [1.54, 1.807) is 0 Å². The Balaban J connectivity index is 2.95. The number of hydrogen-bond donors (Lipinski definition) is 2. The van der Waals surface area contributed by atoms with E-state index >= 15 is 0 Å². The van der Waals surface area contributed by atoms with Crippen LogP contribution in [0.2, 0.25) is 0 Å². The van der Waals surface area contributed by atoms with Gasteiger partial charge in [-0.2, -0.15) is 0 Å². The maximum absolute atomic E-state index is 5.47. The molecule has 0 aromatic rings. The summed E-state index contributed by atoms with van der Waals surface area (Å²) in [7, 11) is 0. The van der Waals surface area contributed by atoms with Gasteiger partial charge in [-0.15, -0.1) is 0 Å². The molecule has 0 aromatic heterocycles. The Morgan fingerprint density at radius 1 is 0.538 bits per heavy atom. The van der Waals surface area contributed by atoms with Gasteiger partial charge in [-0.25, -0.2) is 0 Å². The number of nitrogens with two attached hydrogens (primary N) is 1. The first kappa shape index (κ1) is 25.9. The molecule has 26 heavy (non-hydrogen) atoms. The molecule has 3 heteroatoms. The summed E-state index contributed by atoms with van der Waals surface area (Å²) >= 11 is 0. The lowest BCUT2D eigenvalue weighted by Gasteiger charge is -2.05. The first-order chi connectivity index (χ1) is 12.9. The number of ether oxygens (including phenoxy) is 1. The zero-order valence-electron chi connectivity index (χ0n) is 18.0. The maximum atomic E-state index is 5.47. The van der Waals surface area contributed by atoms with Gasteiger partial charge in [-0.05, 0) is 45.8 Å². The van der Waals surface area contributed by atoms with Gasteiger partial charge in [0.1, 0.15) is 0 Å². The summed E-state index contributed by atoms with van der Waals surface area (Å²) in [6, 6.07) is 0. The lowest BCUT2D eigenvalue weighted by atomic mass is 10.0.